The number of aromatic amines is 1. The van der Waals surface area contributed by atoms with E-state index in [0.29, 0.717) is 5.82 Å². The van der Waals surface area contributed by atoms with E-state index in [1.807, 2.05) is 6.92 Å². The topological polar surface area (TPSA) is 66.5 Å². The molecule has 0 fully saturated rings. The Hall–Kier alpha value is -1.89. The molecule has 0 aliphatic carbocycles. The van der Waals surface area contributed by atoms with E-state index in [4.69, 9.17) is 0 Å². The summed E-state index contributed by atoms with van der Waals surface area (Å²) < 4.78 is 26.7. The van der Waals surface area contributed by atoms with E-state index in [1.165, 1.54) is 6.07 Å². The smallest absolute Gasteiger partial charge is 0.191 e. The van der Waals surface area contributed by atoms with Gasteiger partial charge >= 0.3 is 0 Å². The molecular formula is C11H13F2N5. The van der Waals surface area contributed by atoms with Crippen LogP contribution in [0.1, 0.15) is 37.3 Å². The second-order valence-corrected chi connectivity index (χ2v) is 4.02. The highest BCUT2D eigenvalue weighted by atomic mass is 19.2. The van der Waals surface area contributed by atoms with Crippen LogP contribution in [-0.2, 0) is 0 Å². The molecule has 0 radical (unpaired) electrons. The van der Waals surface area contributed by atoms with Gasteiger partial charge in [0, 0.05) is 11.6 Å². The Morgan fingerprint density at radius 2 is 2.00 bits per heavy atom. The first-order valence-electron chi connectivity index (χ1n) is 5.53. The maximum atomic E-state index is 13.6. The molecule has 0 aliphatic heterocycles. The van der Waals surface area contributed by atoms with Crippen LogP contribution in [0.5, 0.6) is 0 Å². The lowest BCUT2D eigenvalue weighted by Crippen LogP contribution is -2.24. The minimum atomic E-state index is -0.853. The third-order valence-electron chi connectivity index (χ3n) is 2.70. The fourth-order valence-electron chi connectivity index (χ4n) is 1.75. The summed E-state index contributed by atoms with van der Waals surface area (Å²) in [6.07, 6.45) is 0. The van der Waals surface area contributed by atoms with Crippen LogP contribution in [0.4, 0.5) is 8.78 Å². The molecule has 1 heterocycles. The fraction of sp³-hybridized carbons (Fsp3) is 0.364. The van der Waals surface area contributed by atoms with Gasteiger partial charge in [-0.3, -0.25) is 0 Å². The largest absolute Gasteiger partial charge is 0.301 e. The minimum absolute atomic E-state index is 0.221. The standard InChI is InChI=1S/C11H13F2N5/c1-6(8-4-3-5-9(12)10(8)13)14-7(2)11-15-17-18-16-11/h3-7,14H,1-2H3,(H,15,16,17,18). The van der Waals surface area contributed by atoms with Gasteiger partial charge in [-0.25, -0.2) is 8.78 Å². The zero-order valence-electron chi connectivity index (χ0n) is 9.98. The molecule has 0 amide bonds. The van der Waals surface area contributed by atoms with Gasteiger partial charge in [0.05, 0.1) is 6.04 Å². The molecule has 2 atom stereocenters. The number of aromatic nitrogens is 4. The molecule has 7 heteroatoms. The number of tetrazole rings is 1. The molecule has 2 rings (SSSR count). The Kier molecular flexibility index (Phi) is 3.61. The molecule has 18 heavy (non-hydrogen) atoms. The van der Waals surface area contributed by atoms with Crippen molar-refractivity contribution >= 4 is 0 Å². The molecule has 0 bridgehead atoms. The van der Waals surface area contributed by atoms with Crippen LogP contribution in [0.15, 0.2) is 18.2 Å². The Labute approximate surface area is 103 Å². The van der Waals surface area contributed by atoms with Gasteiger partial charge in [0.1, 0.15) is 0 Å². The Morgan fingerprint density at radius 3 is 2.67 bits per heavy atom. The fourth-order valence-corrected chi connectivity index (χ4v) is 1.75. The van der Waals surface area contributed by atoms with Crippen molar-refractivity contribution in [1.82, 2.24) is 25.9 Å². The number of rotatable bonds is 4. The summed E-state index contributed by atoms with van der Waals surface area (Å²) in [5, 5.41) is 16.5. The molecule has 0 saturated heterocycles. The van der Waals surface area contributed by atoms with Gasteiger partial charge in [0.15, 0.2) is 17.5 Å². The minimum Gasteiger partial charge on any atom is -0.301 e. The molecule has 2 unspecified atom stereocenters. The van der Waals surface area contributed by atoms with Crippen molar-refractivity contribution in [3.05, 3.63) is 41.2 Å². The summed E-state index contributed by atoms with van der Waals surface area (Å²) in [6.45, 7) is 3.56. The Morgan fingerprint density at radius 1 is 1.22 bits per heavy atom. The zero-order chi connectivity index (χ0) is 13.1. The molecule has 0 aliphatic rings. The van der Waals surface area contributed by atoms with Crippen molar-refractivity contribution in [1.29, 1.82) is 0 Å². The van der Waals surface area contributed by atoms with Crippen LogP contribution >= 0.6 is 0 Å². The first-order valence-corrected chi connectivity index (χ1v) is 5.53. The predicted molar refractivity (Wildman–Crippen MR) is 60.5 cm³/mol. The predicted octanol–water partition coefficient (Wildman–Crippen LogP) is 1.89. The van der Waals surface area contributed by atoms with Crippen LogP contribution < -0.4 is 5.32 Å². The average molecular weight is 253 g/mol. The second kappa shape index (κ2) is 5.18. The summed E-state index contributed by atoms with van der Waals surface area (Å²) in [4.78, 5) is 0. The van der Waals surface area contributed by atoms with Gasteiger partial charge in [-0.05, 0) is 19.9 Å². The number of hydrogen-bond acceptors (Lipinski definition) is 4. The number of nitrogens with zero attached hydrogens (tertiary/aromatic N) is 3. The first kappa shape index (κ1) is 12.6. The Bertz CT molecular complexity index is 514. The number of benzene rings is 1. The van der Waals surface area contributed by atoms with Crippen LogP contribution in [0.3, 0.4) is 0 Å². The molecule has 1 aromatic heterocycles. The monoisotopic (exact) mass is 253 g/mol. The van der Waals surface area contributed by atoms with E-state index < -0.39 is 11.6 Å². The quantitative estimate of drug-likeness (QED) is 0.873. The number of H-pyrrole nitrogens is 1. The summed E-state index contributed by atoms with van der Waals surface area (Å²) in [5.74, 6) is -1.22. The van der Waals surface area contributed by atoms with Crippen molar-refractivity contribution in [3.63, 3.8) is 0 Å². The lowest BCUT2D eigenvalue weighted by atomic mass is 10.1. The summed E-state index contributed by atoms with van der Waals surface area (Å²) in [7, 11) is 0. The van der Waals surface area contributed by atoms with Crippen LogP contribution in [0, 0.1) is 11.6 Å². The third-order valence-corrected chi connectivity index (χ3v) is 2.70. The molecule has 0 spiro atoms. The lowest BCUT2D eigenvalue weighted by Gasteiger charge is -2.18. The van der Waals surface area contributed by atoms with Gasteiger partial charge in [0.2, 0.25) is 0 Å². The zero-order valence-corrected chi connectivity index (χ0v) is 9.98. The molecule has 96 valence electrons. The SMILES string of the molecule is CC(NC(C)c1cccc(F)c1F)c1nn[nH]n1. The number of halogens is 2. The normalized spacial score (nSPS) is 14.4. The average Bonchev–Trinajstić information content (AvgIpc) is 2.86. The number of nitrogens with one attached hydrogen (secondary N) is 2. The number of hydrogen-bond donors (Lipinski definition) is 2. The summed E-state index contributed by atoms with van der Waals surface area (Å²) in [6, 6.07) is 3.52. The molecule has 2 aromatic rings. The van der Waals surface area contributed by atoms with Crippen molar-refractivity contribution < 1.29 is 8.78 Å². The third kappa shape index (κ3) is 2.51. The van der Waals surface area contributed by atoms with E-state index in [0.717, 1.165) is 6.07 Å². The first-order chi connectivity index (χ1) is 8.59. The molecule has 5 nitrogen and oxygen atoms in total. The van der Waals surface area contributed by atoms with Gasteiger partial charge in [0.25, 0.3) is 0 Å². The van der Waals surface area contributed by atoms with Crippen LogP contribution in [0.25, 0.3) is 0 Å². The lowest BCUT2D eigenvalue weighted by molar-refractivity contribution is 0.440. The van der Waals surface area contributed by atoms with Crippen LogP contribution in [-0.4, -0.2) is 20.6 Å². The van der Waals surface area contributed by atoms with E-state index in [2.05, 4.69) is 25.9 Å². The highest BCUT2D eigenvalue weighted by Crippen LogP contribution is 2.21. The van der Waals surface area contributed by atoms with Crippen LogP contribution in [0.2, 0.25) is 0 Å². The highest BCUT2D eigenvalue weighted by Gasteiger charge is 2.18. The van der Waals surface area contributed by atoms with Crippen molar-refractivity contribution in [2.24, 2.45) is 0 Å². The summed E-state index contributed by atoms with van der Waals surface area (Å²) in [5.41, 5.74) is 0.269. The molecule has 0 saturated carbocycles. The van der Waals surface area contributed by atoms with Gasteiger partial charge in [-0.15, -0.1) is 10.2 Å². The molecule has 1 aromatic carbocycles. The van der Waals surface area contributed by atoms with E-state index in [1.54, 1.807) is 13.0 Å². The van der Waals surface area contributed by atoms with Gasteiger partial charge < -0.3 is 5.32 Å². The highest BCUT2D eigenvalue weighted by molar-refractivity contribution is 5.22. The van der Waals surface area contributed by atoms with E-state index in [-0.39, 0.29) is 17.6 Å². The maximum Gasteiger partial charge on any atom is 0.191 e. The molecule has 2 N–H and O–H groups in total. The van der Waals surface area contributed by atoms with E-state index >= 15 is 0 Å². The Balaban J connectivity index is 2.12. The van der Waals surface area contributed by atoms with E-state index in [9.17, 15) is 8.78 Å². The van der Waals surface area contributed by atoms with Crippen molar-refractivity contribution in [2.75, 3.05) is 0 Å². The second-order valence-electron chi connectivity index (χ2n) is 4.02. The van der Waals surface area contributed by atoms with Crippen molar-refractivity contribution in [2.45, 2.75) is 25.9 Å². The van der Waals surface area contributed by atoms with Gasteiger partial charge in [-0.2, -0.15) is 5.21 Å². The maximum absolute atomic E-state index is 13.6. The van der Waals surface area contributed by atoms with Gasteiger partial charge in [-0.1, -0.05) is 17.3 Å². The van der Waals surface area contributed by atoms with Crippen molar-refractivity contribution in [3.8, 4) is 0 Å². The summed E-state index contributed by atoms with van der Waals surface area (Å²) >= 11 is 0. The molecular weight excluding hydrogens is 240 g/mol.